The Balaban J connectivity index is 1.15. The molecular formula is C47H34N2O. The highest BCUT2D eigenvalue weighted by Gasteiger charge is 2.43. The van der Waals surface area contributed by atoms with E-state index in [9.17, 15) is 0 Å². The van der Waals surface area contributed by atoms with Crippen LogP contribution >= 0.6 is 0 Å². The van der Waals surface area contributed by atoms with E-state index in [0.29, 0.717) is 0 Å². The summed E-state index contributed by atoms with van der Waals surface area (Å²) in [7, 11) is 0. The molecule has 0 aliphatic carbocycles. The average Bonchev–Trinajstić information content (AvgIpc) is 3.16. The van der Waals surface area contributed by atoms with E-state index in [2.05, 4.69) is 187 Å². The average molecular weight is 643 g/mol. The van der Waals surface area contributed by atoms with Gasteiger partial charge in [-0.15, -0.1) is 0 Å². The van der Waals surface area contributed by atoms with Gasteiger partial charge < -0.3 is 14.5 Å². The van der Waals surface area contributed by atoms with Crippen molar-refractivity contribution in [3.05, 3.63) is 181 Å². The molecule has 0 spiro atoms. The van der Waals surface area contributed by atoms with Crippen molar-refractivity contribution >= 4 is 55.7 Å². The molecular weight excluding hydrogens is 609 g/mol. The van der Waals surface area contributed by atoms with Gasteiger partial charge in [-0.05, 0) is 93.0 Å². The van der Waals surface area contributed by atoms with Crippen molar-refractivity contribution in [1.82, 2.24) is 0 Å². The third-order valence-electron chi connectivity index (χ3n) is 10.6. The minimum Gasteiger partial charge on any atom is -0.453 e. The minimum atomic E-state index is -0.262. The molecule has 50 heavy (non-hydrogen) atoms. The van der Waals surface area contributed by atoms with Crippen molar-refractivity contribution in [1.29, 1.82) is 0 Å². The Hall–Kier alpha value is -6.32. The SMILES string of the molecule is CC1(C)c2ccccc2N2c3ccccc3Oc3ccc(-c4ccc(N(c5ccc6ccccc6c5)c5cccc6ccccc56)cc4)c1c32. The van der Waals surface area contributed by atoms with Crippen molar-refractivity contribution in [2.45, 2.75) is 19.3 Å². The summed E-state index contributed by atoms with van der Waals surface area (Å²) in [5, 5.41) is 4.88. The lowest BCUT2D eigenvalue weighted by Crippen LogP contribution is -2.33. The van der Waals surface area contributed by atoms with Gasteiger partial charge in [0.15, 0.2) is 11.5 Å². The monoisotopic (exact) mass is 642 g/mol. The number of para-hydroxylation sites is 3. The lowest BCUT2D eigenvalue weighted by atomic mass is 9.70. The van der Waals surface area contributed by atoms with E-state index in [1.165, 1.54) is 49.5 Å². The summed E-state index contributed by atoms with van der Waals surface area (Å²) < 4.78 is 6.59. The summed E-state index contributed by atoms with van der Waals surface area (Å²) in [5.74, 6) is 1.76. The van der Waals surface area contributed by atoms with Crippen LogP contribution in [0, 0.1) is 0 Å². The molecule has 0 N–H and O–H groups in total. The number of ether oxygens (including phenoxy) is 1. The lowest BCUT2D eigenvalue weighted by molar-refractivity contribution is 0.471. The van der Waals surface area contributed by atoms with Crippen LogP contribution in [0.5, 0.6) is 11.5 Å². The van der Waals surface area contributed by atoms with Gasteiger partial charge in [-0.2, -0.15) is 0 Å². The Morgan fingerprint density at radius 2 is 1.20 bits per heavy atom. The van der Waals surface area contributed by atoms with E-state index in [1.807, 2.05) is 6.07 Å². The second-order valence-corrected chi connectivity index (χ2v) is 13.8. The van der Waals surface area contributed by atoms with Gasteiger partial charge in [0.25, 0.3) is 0 Å². The molecule has 0 amide bonds. The Bertz CT molecular complexity index is 2610. The summed E-state index contributed by atoms with van der Waals surface area (Å²) in [5.41, 5.74) is 11.5. The molecule has 0 saturated heterocycles. The maximum atomic E-state index is 6.59. The number of nitrogens with zero attached hydrogens (tertiary/aromatic N) is 2. The zero-order valence-corrected chi connectivity index (χ0v) is 28.0. The molecule has 0 aromatic heterocycles. The van der Waals surface area contributed by atoms with Crippen molar-refractivity contribution in [3.8, 4) is 22.6 Å². The second-order valence-electron chi connectivity index (χ2n) is 13.8. The number of hydrogen-bond acceptors (Lipinski definition) is 3. The van der Waals surface area contributed by atoms with E-state index < -0.39 is 0 Å². The van der Waals surface area contributed by atoms with Crippen LogP contribution in [-0.2, 0) is 5.41 Å². The smallest absolute Gasteiger partial charge is 0.151 e. The van der Waals surface area contributed by atoms with Crippen molar-refractivity contribution < 1.29 is 4.74 Å². The predicted octanol–water partition coefficient (Wildman–Crippen LogP) is 13.3. The van der Waals surface area contributed by atoms with Crippen LogP contribution in [0.4, 0.5) is 34.1 Å². The highest BCUT2D eigenvalue weighted by molar-refractivity contribution is 6.01. The van der Waals surface area contributed by atoms with Crippen molar-refractivity contribution in [3.63, 3.8) is 0 Å². The lowest BCUT2D eigenvalue weighted by Gasteiger charge is -2.45. The highest BCUT2D eigenvalue weighted by atomic mass is 16.5. The molecule has 0 atom stereocenters. The molecule has 8 aromatic carbocycles. The van der Waals surface area contributed by atoms with Crippen molar-refractivity contribution in [2.75, 3.05) is 9.80 Å². The molecule has 3 heteroatoms. The normalized spacial score (nSPS) is 13.7. The Morgan fingerprint density at radius 1 is 0.520 bits per heavy atom. The second kappa shape index (κ2) is 10.8. The van der Waals surface area contributed by atoms with E-state index in [4.69, 9.17) is 4.74 Å². The van der Waals surface area contributed by atoms with Gasteiger partial charge in [-0.3, -0.25) is 0 Å². The molecule has 0 saturated carbocycles. The summed E-state index contributed by atoms with van der Waals surface area (Å²) in [6.07, 6.45) is 0. The molecule has 8 aromatic rings. The first-order chi connectivity index (χ1) is 24.6. The zero-order chi connectivity index (χ0) is 33.4. The number of fused-ring (bicyclic) bond motifs is 6. The number of rotatable bonds is 4. The number of benzene rings is 8. The van der Waals surface area contributed by atoms with Crippen LogP contribution in [0.1, 0.15) is 25.0 Å². The Kier molecular flexibility index (Phi) is 6.22. The fourth-order valence-corrected chi connectivity index (χ4v) is 8.24. The summed E-state index contributed by atoms with van der Waals surface area (Å²) >= 11 is 0. The van der Waals surface area contributed by atoms with Gasteiger partial charge in [-0.25, -0.2) is 0 Å². The molecule has 0 radical (unpaired) electrons. The highest BCUT2D eigenvalue weighted by Crippen LogP contribution is 2.61. The van der Waals surface area contributed by atoms with Gasteiger partial charge in [0.05, 0.1) is 22.7 Å². The molecule has 2 aliphatic rings. The molecule has 0 fully saturated rings. The third kappa shape index (κ3) is 4.23. The van der Waals surface area contributed by atoms with Crippen molar-refractivity contribution in [2.24, 2.45) is 0 Å². The van der Waals surface area contributed by atoms with Gasteiger partial charge >= 0.3 is 0 Å². The number of hydrogen-bond donors (Lipinski definition) is 0. The van der Waals surface area contributed by atoms with Crippen LogP contribution < -0.4 is 14.5 Å². The third-order valence-corrected chi connectivity index (χ3v) is 10.6. The van der Waals surface area contributed by atoms with Crippen LogP contribution in [0.25, 0.3) is 32.7 Å². The van der Waals surface area contributed by atoms with Crippen LogP contribution in [0.15, 0.2) is 170 Å². The fourth-order valence-electron chi connectivity index (χ4n) is 8.24. The number of anilines is 6. The molecule has 2 heterocycles. The molecule has 0 bridgehead atoms. The summed E-state index contributed by atoms with van der Waals surface area (Å²) in [6, 6.07) is 61.2. The topological polar surface area (TPSA) is 15.7 Å². The zero-order valence-electron chi connectivity index (χ0n) is 28.0. The van der Waals surface area contributed by atoms with E-state index in [-0.39, 0.29) is 5.41 Å². The quantitative estimate of drug-likeness (QED) is 0.190. The maximum Gasteiger partial charge on any atom is 0.151 e. The van der Waals surface area contributed by atoms with Crippen LogP contribution in [0.2, 0.25) is 0 Å². The maximum absolute atomic E-state index is 6.59. The van der Waals surface area contributed by atoms with Gasteiger partial charge in [0.1, 0.15) is 0 Å². The minimum absolute atomic E-state index is 0.262. The largest absolute Gasteiger partial charge is 0.453 e. The molecule has 3 nitrogen and oxygen atoms in total. The van der Waals surface area contributed by atoms with Gasteiger partial charge in [0, 0.05) is 22.2 Å². The Morgan fingerprint density at radius 3 is 2.06 bits per heavy atom. The first-order valence-corrected chi connectivity index (χ1v) is 17.3. The fraction of sp³-hybridized carbons (Fsp3) is 0.0638. The molecule has 238 valence electrons. The van der Waals surface area contributed by atoms with E-state index in [0.717, 1.165) is 39.9 Å². The van der Waals surface area contributed by atoms with Gasteiger partial charge in [0.2, 0.25) is 0 Å². The summed E-state index contributed by atoms with van der Waals surface area (Å²) in [4.78, 5) is 4.80. The van der Waals surface area contributed by atoms with E-state index >= 15 is 0 Å². The molecule has 0 unspecified atom stereocenters. The molecule has 2 aliphatic heterocycles. The van der Waals surface area contributed by atoms with Gasteiger partial charge in [-0.1, -0.05) is 129 Å². The summed E-state index contributed by atoms with van der Waals surface area (Å²) in [6.45, 7) is 4.69. The van der Waals surface area contributed by atoms with E-state index in [1.54, 1.807) is 0 Å². The van der Waals surface area contributed by atoms with Crippen LogP contribution in [0.3, 0.4) is 0 Å². The predicted molar refractivity (Wildman–Crippen MR) is 208 cm³/mol. The Labute approximate surface area is 292 Å². The van der Waals surface area contributed by atoms with Crippen LogP contribution in [-0.4, -0.2) is 0 Å². The standard InChI is InChI=1S/C47H34N2O/c1-47(2)39-17-7-8-18-41(39)49-42-19-9-10-21-43(42)50-44-29-28-38(45(47)46(44)49)33-23-25-35(26-24-33)48(36-27-22-31-12-3-4-14-34(31)30-36)40-20-11-15-32-13-5-6-16-37(32)40/h3-30H,1-2H3. The molecule has 10 rings (SSSR count). The first kappa shape index (κ1) is 28.7. The first-order valence-electron chi connectivity index (χ1n) is 17.3.